The summed E-state index contributed by atoms with van der Waals surface area (Å²) in [7, 11) is 0. The fourth-order valence-corrected chi connectivity index (χ4v) is 2.77. The highest BCUT2D eigenvalue weighted by molar-refractivity contribution is 9.09. The van der Waals surface area contributed by atoms with E-state index >= 15 is 0 Å². The maximum absolute atomic E-state index is 11.8. The van der Waals surface area contributed by atoms with Crippen molar-refractivity contribution in [1.82, 2.24) is 4.90 Å². The third-order valence-electron chi connectivity index (χ3n) is 3.37. The summed E-state index contributed by atoms with van der Waals surface area (Å²) >= 11 is 3.46. The molecule has 1 fully saturated rings. The van der Waals surface area contributed by atoms with Gasteiger partial charge in [-0.05, 0) is 30.9 Å². The molecule has 1 aliphatic rings. The summed E-state index contributed by atoms with van der Waals surface area (Å²) in [5.74, 6) is 0.766. The lowest BCUT2D eigenvalue weighted by Crippen LogP contribution is -2.25. The predicted molar refractivity (Wildman–Crippen MR) is 73.2 cm³/mol. The first-order valence-corrected chi connectivity index (χ1v) is 7.12. The van der Waals surface area contributed by atoms with Crippen LogP contribution in [0.3, 0.4) is 0 Å². The Hall–Kier alpha value is -0.830. The number of amides is 1. The minimum Gasteiger partial charge on any atom is -0.338 e. The van der Waals surface area contributed by atoms with Crippen LogP contribution in [0.1, 0.15) is 23.1 Å². The van der Waals surface area contributed by atoms with Crippen LogP contribution in [0.25, 0.3) is 0 Å². The molecule has 2 rings (SSSR count). The smallest absolute Gasteiger partial charge is 0.223 e. The van der Waals surface area contributed by atoms with E-state index in [-0.39, 0.29) is 5.91 Å². The molecule has 3 heteroatoms. The monoisotopic (exact) mass is 295 g/mol. The summed E-state index contributed by atoms with van der Waals surface area (Å²) in [6.07, 6.45) is 0.691. The molecule has 1 amide bonds. The van der Waals surface area contributed by atoms with Crippen LogP contribution < -0.4 is 0 Å². The van der Waals surface area contributed by atoms with Crippen LogP contribution in [0.4, 0.5) is 0 Å². The van der Waals surface area contributed by atoms with E-state index in [0.717, 1.165) is 18.4 Å². The van der Waals surface area contributed by atoms with Crippen LogP contribution in [-0.2, 0) is 11.3 Å². The number of nitrogens with zero attached hydrogens (tertiary/aromatic N) is 1. The molecule has 0 saturated carbocycles. The van der Waals surface area contributed by atoms with Crippen LogP contribution in [0.15, 0.2) is 18.2 Å². The molecule has 1 unspecified atom stereocenters. The van der Waals surface area contributed by atoms with Crippen LogP contribution in [0.2, 0.25) is 0 Å². The van der Waals surface area contributed by atoms with Gasteiger partial charge in [0, 0.05) is 24.8 Å². The number of benzene rings is 1. The summed E-state index contributed by atoms with van der Waals surface area (Å²) in [5.41, 5.74) is 3.82. The highest BCUT2D eigenvalue weighted by Crippen LogP contribution is 2.22. The van der Waals surface area contributed by atoms with E-state index in [0.29, 0.717) is 12.3 Å². The first-order chi connectivity index (χ1) is 8.10. The van der Waals surface area contributed by atoms with Crippen molar-refractivity contribution in [1.29, 1.82) is 0 Å². The van der Waals surface area contributed by atoms with Gasteiger partial charge in [-0.2, -0.15) is 0 Å². The Morgan fingerprint density at radius 3 is 2.76 bits per heavy atom. The predicted octanol–water partition coefficient (Wildman–Crippen LogP) is 3.05. The second kappa shape index (κ2) is 5.21. The molecule has 1 aliphatic heterocycles. The molecule has 1 atom stereocenters. The van der Waals surface area contributed by atoms with Crippen molar-refractivity contribution < 1.29 is 4.79 Å². The van der Waals surface area contributed by atoms with Gasteiger partial charge in [0.25, 0.3) is 0 Å². The molecule has 0 N–H and O–H groups in total. The molecule has 1 aromatic carbocycles. The van der Waals surface area contributed by atoms with E-state index in [1.54, 1.807) is 0 Å². The average molecular weight is 296 g/mol. The number of carbonyl (C=O) groups excluding carboxylic acids is 1. The Morgan fingerprint density at radius 2 is 2.18 bits per heavy atom. The van der Waals surface area contributed by atoms with Crippen molar-refractivity contribution in [3.05, 3.63) is 34.9 Å². The third kappa shape index (κ3) is 2.89. The Labute approximate surface area is 111 Å². The van der Waals surface area contributed by atoms with Gasteiger partial charge in [-0.1, -0.05) is 39.7 Å². The zero-order valence-electron chi connectivity index (χ0n) is 10.4. The zero-order valence-corrected chi connectivity index (χ0v) is 12.0. The lowest BCUT2D eigenvalue weighted by molar-refractivity contribution is -0.128. The molecular weight excluding hydrogens is 278 g/mol. The summed E-state index contributed by atoms with van der Waals surface area (Å²) in [4.78, 5) is 13.8. The van der Waals surface area contributed by atoms with Gasteiger partial charge in [0.15, 0.2) is 0 Å². The van der Waals surface area contributed by atoms with Gasteiger partial charge >= 0.3 is 0 Å². The number of aryl methyl sites for hydroxylation is 2. The van der Waals surface area contributed by atoms with Crippen molar-refractivity contribution in [3.8, 4) is 0 Å². The molecule has 0 radical (unpaired) electrons. The second-order valence-electron chi connectivity index (χ2n) is 4.93. The normalized spacial score (nSPS) is 20.1. The van der Waals surface area contributed by atoms with E-state index in [2.05, 4.69) is 48.0 Å². The highest BCUT2D eigenvalue weighted by Gasteiger charge is 2.28. The first-order valence-electron chi connectivity index (χ1n) is 6.00. The number of hydrogen-bond acceptors (Lipinski definition) is 1. The van der Waals surface area contributed by atoms with Gasteiger partial charge in [0.1, 0.15) is 0 Å². The third-order valence-corrected chi connectivity index (χ3v) is 4.29. The second-order valence-corrected chi connectivity index (χ2v) is 5.58. The van der Waals surface area contributed by atoms with Crippen molar-refractivity contribution in [2.45, 2.75) is 26.8 Å². The number of likely N-dealkylation sites (tertiary alicyclic amines) is 1. The van der Waals surface area contributed by atoms with Crippen LogP contribution >= 0.6 is 15.9 Å². The molecular formula is C14H18BrNO. The average Bonchev–Trinajstić information content (AvgIpc) is 2.64. The summed E-state index contributed by atoms with van der Waals surface area (Å²) in [6, 6.07) is 6.43. The Kier molecular flexibility index (Phi) is 3.87. The van der Waals surface area contributed by atoms with Crippen molar-refractivity contribution >= 4 is 21.8 Å². The molecule has 1 saturated heterocycles. The van der Waals surface area contributed by atoms with Gasteiger partial charge in [0.05, 0.1) is 0 Å². The molecule has 1 heterocycles. The minimum absolute atomic E-state index is 0.287. The quantitative estimate of drug-likeness (QED) is 0.785. The first kappa shape index (κ1) is 12.6. The summed E-state index contributed by atoms with van der Waals surface area (Å²) in [6.45, 7) is 5.86. The SMILES string of the molecule is Cc1ccc(CN2CC(CBr)CC2=O)c(C)c1. The largest absolute Gasteiger partial charge is 0.338 e. The summed E-state index contributed by atoms with van der Waals surface area (Å²) < 4.78 is 0. The fourth-order valence-electron chi connectivity index (χ4n) is 2.34. The minimum atomic E-state index is 0.287. The Balaban J connectivity index is 2.08. The Morgan fingerprint density at radius 1 is 1.41 bits per heavy atom. The fraction of sp³-hybridized carbons (Fsp3) is 0.500. The number of halogens is 1. The van der Waals surface area contributed by atoms with Crippen molar-refractivity contribution in [2.75, 3.05) is 11.9 Å². The lowest BCUT2D eigenvalue weighted by atomic mass is 10.1. The molecule has 1 aromatic rings. The van der Waals surface area contributed by atoms with Crippen LogP contribution in [0, 0.1) is 19.8 Å². The number of hydrogen-bond donors (Lipinski definition) is 0. The maximum atomic E-state index is 11.8. The molecule has 0 bridgehead atoms. The molecule has 2 nitrogen and oxygen atoms in total. The van der Waals surface area contributed by atoms with Crippen LogP contribution in [-0.4, -0.2) is 22.7 Å². The highest BCUT2D eigenvalue weighted by atomic mass is 79.9. The van der Waals surface area contributed by atoms with Gasteiger partial charge in [0.2, 0.25) is 5.91 Å². The maximum Gasteiger partial charge on any atom is 0.223 e. The van der Waals surface area contributed by atoms with Gasteiger partial charge in [-0.3, -0.25) is 4.79 Å². The van der Waals surface area contributed by atoms with E-state index < -0.39 is 0 Å². The van der Waals surface area contributed by atoms with Gasteiger partial charge in [-0.25, -0.2) is 0 Å². The molecule has 0 aliphatic carbocycles. The molecule has 0 aromatic heterocycles. The molecule has 17 heavy (non-hydrogen) atoms. The number of alkyl halides is 1. The van der Waals surface area contributed by atoms with E-state index in [4.69, 9.17) is 0 Å². The lowest BCUT2D eigenvalue weighted by Gasteiger charge is -2.18. The number of carbonyl (C=O) groups is 1. The number of rotatable bonds is 3. The zero-order chi connectivity index (χ0) is 12.4. The van der Waals surface area contributed by atoms with E-state index in [1.807, 2.05) is 4.90 Å². The van der Waals surface area contributed by atoms with Gasteiger partial charge < -0.3 is 4.90 Å². The van der Waals surface area contributed by atoms with Crippen molar-refractivity contribution in [3.63, 3.8) is 0 Å². The van der Waals surface area contributed by atoms with Crippen LogP contribution in [0.5, 0.6) is 0 Å². The molecule has 92 valence electrons. The van der Waals surface area contributed by atoms with E-state index in [9.17, 15) is 4.79 Å². The van der Waals surface area contributed by atoms with Crippen molar-refractivity contribution in [2.24, 2.45) is 5.92 Å². The molecule has 0 spiro atoms. The Bertz CT molecular complexity index is 430. The van der Waals surface area contributed by atoms with E-state index in [1.165, 1.54) is 16.7 Å². The van der Waals surface area contributed by atoms with Gasteiger partial charge in [-0.15, -0.1) is 0 Å². The topological polar surface area (TPSA) is 20.3 Å². The summed E-state index contributed by atoms with van der Waals surface area (Å²) in [5, 5.41) is 0.919. The standard InChI is InChI=1S/C14H18BrNO/c1-10-3-4-13(11(2)5-10)9-16-8-12(7-15)6-14(16)17/h3-5,12H,6-9H2,1-2H3.